The highest BCUT2D eigenvalue weighted by molar-refractivity contribution is 5.93. The molecule has 3 heteroatoms. The zero-order valence-corrected chi connectivity index (χ0v) is 14.7. The zero-order chi connectivity index (χ0) is 17.7. The molecule has 0 spiro atoms. The van der Waals surface area contributed by atoms with E-state index in [-0.39, 0.29) is 5.78 Å². The number of unbranched alkanes of at least 4 members (excludes halogenated alkanes) is 2. The zero-order valence-electron chi connectivity index (χ0n) is 14.7. The predicted molar refractivity (Wildman–Crippen MR) is 104 cm³/mol. The summed E-state index contributed by atoms with van der Waals surface area (Å²) < 4.78 is 5.00. The number of benzene rings is 1. The fourth-order valence-corrected chi connectivity index (χ4v) is 2.38. The van der Waals surface area contributed by atoms with Crippen LogP contribution in [0.15, 0.2) is 54.9 Å². The quantitative estimate of drug-likeness (QED) is 0.451. The van der Waals surface area contributed by atoms with Crippen LogP contribution < -0.4 is 0 Å². The van der Waals surface area contributed by atoms with E-state index in [9.17, 15) is 4.79 Å². The summed E-state index contributed by atoms with van der Waals surface area (Å²) in [5.74, 6) is 0.179. The predicted octanol–water partition coefficient (Wildman–Crippen LogP) is 5.04. The van der Waals surface area contributed by atoms with Crippen LogP contribution in [0.1, 0.15) is 42.4 Å². The SMILES string of the molecule is COCCCCCC(=O)C=Cc1ccc(C=Cc2cccnc2)cc1. The molecule has 0 bridgehead atoms. The van der Waals surface area contributed by atoms with Gasteiger partial charge in [0.25, 0.3) is 0 Å². The summed E-state index contributed by atoms with van der Waals surface area (Å²) in [4.78, 5) is 15.9. The topological polar surface area (TPSA) is 39.2 Å². The molecule has 0 aliphatic rings. The van der Waals surface area contributed by atoms with Crippen molar-refractivity contribution in [3.05, 3.63) is 71.6 Å². The van der Waals surface area contributed by atoms with Gasteiger partial charge in [0.2, 0.25) is 0 Å². The number of ether oxygens (including phenoxy) is 1. The van der Waals surface area contributed by atoms with Gasteiger partial charge in [0.15, 0.2) is 5.78 Å². The van der Waals surface area contributed by atoms with Crippen molar-refractivity contribution in [2.24, 2.45) is 0 Å². The maximum absolute atomic E-state index is 11.8. The molecule has 0 radical (unpaired) electrons. The summed E-state index contributed by atoms with van der Waals surface area (Å²) in [6, 6.07) is 12.1. The monoisotopic (exact) mass is 335 g/mol. The van der Waals surface area contributed by atoms with Crippen LogP contribution in [0.5, 0.6) is 0 Å². The number of rotatable bonds is 10. The Balaban J connectivity index is 1.79. The second-order valence-corrected chi connectivity index (χ2v) is 5.89. The third-order valence-corrected chi connectivity index (χ3v) is 3.82. The molecule has 25 heavy (non-hydrogen) atoms. The van der Waals surface area contributed by atoms with E-state index in [1.807, 2.05) is 54.7 Å². The second-order valence-electron chi connectivity index (χ2n) is 5.89. The average molecular weight is 335 g/mol. The molecule has 0 fully saturated rings. The van der Waals surface area contributed by atoms with E-state index in [0.29, 0.717) is 6.42 Å². The van der Waals surface area contributed by atoms with E-state index in [0.717, 1.165) is 42.6 Å². The lowest BCUT2D eigenvalue weighted by molar-refractivity contribution is -0.114. The summed E-state index contributed by atoms with van der Waals surface area (Å²) in [5.41, 5.74) is 3.22. The molecule has 2 rings (SSSR count). The van der Waals surface area contributed by atoms with Gasteiger partial charge in [-0.25, -0.2) is 0 Å². The maximum Gasteiger partial charge on any atom is 0.155 e. The number of aromatic nitrogens is 1. The lowest BCUT2D eigenvalue weighted by Crippen LogP contribution is -1.94. The summed E-state index contributed by atoms with van der Waals surface area (Å²) in [5, 5.41) is 0. The van der Waals surface area contributed by atoms with Crippen LogP contribution in [0.2, 0.25) is 0 Å². The number of pyridine rings is 1. The fraction of sp³-hybridized carbons (Fsp3) is 0.273. The lowest BCUT2D eigenvalue weighted by atomic mass is 10.1. The number of carbonyl (C=O) groups is 1. The van der Waals surface area contributed by atoms with Crippen molar-refractivity contribution < 1.29 is 9.53 Å². The minimum Gasteiger partial charge on any atom is -0.385 e. The number of allylic oxidation sites excluding steroid dienone is 1. The third kappa shape index (κ3) is 7.73. The van der Waals surface area contributed by atoms with E-state index in [2.05, 4.69) is 11.1 Å². The van der Waals surface area contributed by atoms with Crippen molar-refractivity contribution in [2.75, 3.05) is 13.7 Å². The molecule has 1 aromatic carbocycles. The van der Waals surface area contributed by atoms with Crippen molar-refractivity contribution in [2.45, 2.75) is 25.7 Å². The highest BCUT2D eigenvalue weighted by atomic mass is 16.5. The Hall–Kier alpha value is -2.52. The van der Waals surface area contributed by atoms with E-state index in [1.54, 1.807) is 19.4 Å². The van der Waals surface area contributed by atoms with Crippen molar-refractivity contribution in [1.29, 1.82) is 0 Å². The van der Waals surface area contributed by atoms with E-state index >= 15 is 0 Å². The Labute approximate surface area is 150 Å². The van der Waals surface area contributed by atoms with Crippen molar-refractivity contribution in [1.82, 2.24) is 4.98 Å². The molecule has 0 saturated carbocycles. The Kier molecular flexibility index (Phi) is 8.36. The van der Waals surface area contributed by atoms with Crippen molar-refractivity contribution in [3.8, 4) is 0 Å². The van der Waals surface area contributed by atoms with Crippen LogP contribution in [0.3, 0.4) is 0 Å². The normalized spacial score (nSPS) is 11.4. The standard InChI is InChI=1S/C22H25NO2/c1-25-17-4-2-3-7-22(24)15-14-20-10-8-19(9-11-20)12-13-21-6-5-16-23-18-21/h5-6,8-16,18H,2-4,7,17H2,1H3. The fourth-order valence-electron chi connectivity index (χ4n) is 2.38. The number of hydrogen-bond donors (Lipinski definition) is 0. The maximum atomic E-state index is 11.8. The third-order valence-electron chi connectivity index (χ3n) is 3.82. The van der Waals surface area contributed by atoms with Gasteiger partial charge in [-0.1, -0.05) is 55.0 Å². The molecule has 0 unspecified atom stereocenters. The second kappa shape index (κ2) is 11.1. The summed E-state index contributed by atoms with van der Waals surface area (Å²) in [6.07, 6.45) is 14.8. The van der Waals surface area contributed by atoms with Gasteiger partial charge in [0.1, 0.15) is 0 Å². The van der Waals surface area contributed by atoms with Crippen LogP contribution in [0.4, 0.5) is 0 Å². The molecular formula is C22H25NO2. The number of hydrogen-bond acceptors (Lipinski definition) is 3. The molecule has 2 aromatic rings. The first-order chi connectivity index (χ1) is 12.3. The largest absolute Gasteiger partial charge is 0.385 e. The van der Waals surface area contributed by atoms with Gasteiger partial charge in [0, 0.05) is 32.5 Å². The first-order valence-electron chi connectivity index (χ1n) is 8.66. The Morgan fingerprint density at radius 1 is 0.960 bits per heavy atom. The van der Waals surface area contributed by atoms with Crippen LogP contribution in [0, 0.1) is 0 Å². The average Bonchev–Trinajstić information content (AvgIpc) is 2.66. The van der Waals surface area contributed by atoms with Crippen LogP contribution in [-0.4, -0.2) is 24.5 Å². The molecule has 130 valence electrons. The number of ketones is 1. The van der Waals surface area contributed by atoms with Crippen molar-refractivity contribution >= 4 is 24.0 Å². The molecule has 3 nitrogen and oxygen atoms in total. The lowest BCUT2D eigenvalue weighted by Gasteiger charge is -1.99. The minimum absolute atomic E-state index is 0.179. The van der Waals surface area contributed by atoms with E-state index in [4.69, 9.17) is 4.74 Å². The molecule has 0 N–H and O–H groups in total. The van der Waals surface area contributed by atoms with Gasteiger partial charge in [-0.05, 0) is 41.7 Å². The van der Waals surface area contributed by atoms with E-state index < -0.39 is 0 Å². The number of nitrogens with zero attached hydrogens (tertiary/aromatic N) is 1. The molecule has 0 aliphatic carbocycles. The number of methoxy groups -OCH3 is 1. The minimum atomic E-state index is 0.179. The Morgan fingerprint density at radius 2 is 1.68 bits per heavy atom. The van der Waals surface area contributed by atoms with Gasteiger partial charge in [-0.3, -0.25) is 9.78 Å². The number of carbonyl (C=O) groups excluding carboxylic acids is 1. The molecule has 1 heterocycles. The molecule has 0 aliphatic heterocycles. The summed E-state index contributed by atoms with van der Waals surface area (Å²) in [6.45, 7) is 0.769. The van der Waals surface area contributed by atoms with Crippen LogP contribution >= 0.6 is 0 Å². The van der Waals surface area contributed by atoms with Crippen LogP contribution in [-0.2, 0) is 9.53 Å². The smallest absolute Gasteiger partial charge is 0.155 e. The molecule has 1 aromatic heterocycles. The molecule has 0 saturated heterocycles. The molecule has 0 amide bonds. The highest BCUT2D eigenvalue weighted by Crippen LogP contribution is 2.11. The van der Waals surface area contributed by atoms with E-state index in [1.165, 1.54) is 0 Å². The highest BCUT2D eigenvalue weighted by Gasteiger charge is 1.97. The first-order valence-corrected chi connectivity index (χ1v) is 8.66. The molecule has 0 atom stereocenters. The van der Waals surface area contributed by atoms with Gasteiger partial charge in [-0.15, -0.1) is 0 Å². The van der Waals surface area contributed by atoms with Gasteiger partial charge >= 0.3 is 0 Å². The van der Waals surface area contributed by atoms with Crippen LogP contribution in [0.25, 0.3) is 18.2 Å². The van der Waals surface area contributed by atoms with Gasteiger partial charge in [0.05, 0.1) is 0 Å². The molecular weight excluding hydrogens is 310 g/mol. The Morgan fingerprint density at radius 3 is 2.36 bits per heavy atom. The first kappa shape index (κ1) is 18.8. The van der Waals surface area contributed by atoms with Gasteiger partial charge in [-0.2, -0.15) is 0 Å². The Bertz CT molecular complexity index is 688. The summed E-state index contributed by atoms with van der Waals surface area (Å²) in [7, 11) is 1.70. The summed E-state index contributed by atoms with van der Waals surface area (Å²) >= 11 is 0. The van der Waals surface area contributed by atoms with Gasteiger partial charge < -0.3 is 4.74 Å². The van der Waals surface area contributed by atoms with Crippen molar-refractivity contribution in [3.63, 3.8) is 0 Å².